The Hall–Kier alpha value is -1.79. The molecule has 24 heavy (non-hydrogen) atoms. The van der Waals surface area contributed by atoms with Crippen molar-refractivity contribution in [1.29, 1.82) is 0 Å². The second-order valence-electron chi connectivity index (χ2n) is 5.20. The van der Waals surface area contributed by atoms with E-state index in [-0.39, 0.29) is 0 Å². The molecule has 0 atom stereocenters. The molecule has 1 nitrogen and oxygen atoms in total. The normalized spacial score (nSPS) is 11.6. The van der Waals surface area contributed by atoms with Crippen LogP contribution in [0.1, 0.15) is 16.8 Å². The van der Waals surface area contributed by atoms with Crippen molar-refractivity contribution in [2.24, 2.45) is 0 Å². The maximum atomic E-state index is 12.6. The number of benzene rings is 2. The van der Waals surface area contributed by atoms with Crippen LogP contribution in [0.25, 0.3) is 10.6 Å². The van der Waals surface area contributed by atoms with E-state index < -0.39 is 11.7 Å². The Morgan fingerprint density at radius 1 is 0.917 bits per heavy atom. The highest BCUT2D eigenvalue weighted by Crippen LogP contribution is 2.32. The van der Waals surface area contributed by atoms with Gasteiger partial charge in [-0.1, -0.05) is 42.5 Å². The van der Waals surface area contributed by atoms with Crippen LogP contribution in [-0.4, -0.2) is 4.98 Å². The number of aromatic nitrogens is 1. The number of hydrogen-bond acceptors (Lipinski definition) is 3. The van der Waals surface area contributed by atoms with Gasteiger partial charge in [0.2, 0.25) is 0 Å². The minimum absolute atomic E-state index is 0.638. The van der Waals surface area contributed by atoms with Crippen LogP contribution in [0.3, 0.4) is 0 Å². The van der Waals surface area contributed by atoms with Gasteiger partial charge in [-0.15, -0.1) is 11.3 Å². The summed E-state index contributed by atoms with van der Waals surface area (Å²) in [6.07, 6.45) is -4.30. The number of alkyl halides is 3. The zero-order valence-corrected chi connectivity index (χ0v) is 14.2. The average Bonchev–Trinajstić information content (AvgIpc) is 3.04. The highest BCUT2D eigenvalue weighted by Gasteiger charge is 2.30. The SMILES string of the molecule is FC(F)(F)c1ccc(-c2nc(CSCc3ccccc3)cs2)cc1. The summed E-state index contributed by atoms with van der Waals surface area (Å²) in [5, 5.41) is 2.71. The van der Waals surface area contributed by atoms with Gasteiger partial charge in [-0.3, -0.25) is 0 Å². The van der Waals surface area contributed by atoms with E-state index in [1.165, 1.54) is 29.0 Å². The molecule has 0 unspecified atom stereocenters. The van der Waals surface area contributed by atoms with Crippen LogP contribution in [0.2, 0.25) is 0 Å². The fourth-order valence-corrected chi connectivity index (χ4v) is 3.97. The smallest absolute Gasteiger partial charge is 0.240 e. The Bertz CT molecular complexity index is 780. The standard InChI is InChI=1S/C18H14F3NS2/c19-18(20,21)15-8-6-14(7-9-15)17-22-16(12-24-17)11-23-10-13-4-2-1-3-5-13/h1-9,12H,10-11H2. The number of halogens is 3. The molecule has 0 spiro atoms. The van der Waals surface area contributed by atoms with Crippen molar-refractivity contribution >= 4 is 23.1 Å². The van der Waals surface area contributed by atoms with Crippen molar-refractivity contribution in [3.05, 3.63) is 76.8 Å². The van der Waals surface area contributed by atoms with E-state index in [1.54, 1.807) is 11.8 Å². The van der Waals surface area contributed by atoms with Gasteiger partial charge in [0.25, 0.3) is 0 Å². The third-order valence-electron chi connectivity index (χ3n) is 3.37. The zero-order valence-electron chi connectivity index (χ0n) is 12.6. The fraction of sp³-hybridized carbons (Fsp3) is 0.167. The van der Waals surface area contributed by atoms with E-state index in [1.807, 2.05) is 23.6 Å². The molecule has 0 fully saturated rings. The number of thiazole rings is 1. The first-order valence-electron chi connectivity index (χ1n) is 7.26. The van der Waals surface area contributed by atoms with Gasteiger partial charge >= 0.3 is 6.18 Å². The van der Waals surface area contributed by atoms with Gasteiger partial charge in [0.05, 0.1) is 11.3 Å². The van der Waals surface area contributed by atoms with E-state index in [9.17, 15) is 13.2 Å². The summed E-state index contributed by atoms with van der Waals surface area (Å²) in [5.74, 6) is 1.69. The topological polar surface area (TPSA) is 12.9 Å². The van der Waals surface area contributed by atoms with Gasteiger partial charge in [-0.25, -0.2) is 4.98 Å². The molecule has 0 bridgehead atoms. The molecule has 0 aliphatic carbocycles. The van der Waals surface area contributed by atoms with E-state index in [0.29, 0.717) is 5.56 Å². The van der Waals surface area contributed by atoms with Crippen molar-refractivity contribution in [3.8, 4) is 10.6 Å². The van der Waals surface area contributed by atoms with E-state index in [0.717, 1.165) is 34.3 Å². The molecule has 3 rings (SSSR count). The molecule has 0 radical (unpaired) electrons. The highest BCUT2D eigenvalue weighted by molar-refractivity contribution is 7.97. The minimum Gasteiger partial charge on any atom is -0.240 e. The fourth-order valence-electron chi connectivity index (χ4n) is 2.16. The van der Waals surface area contributed by atoms with Gasteiger partial charge in [-0.05, 0) is 17.7 Å². The Kier molecular flexibility index (Phi) is 5.26. The summed E-state index contributed by atoms with van der Waals surface area (Å²) >= 11 is 3.23. The first-order valence-corrected chi connectivity index (χ1v) is 9.29. The van der Waals surface area contributed by atoms with Crippen LogP contribution in [0.5, 0.6) is 0 Å². The molecule has 6 heteroatoms. The van der Waals surface area contributed by atoms with Gasteiger partial charge in [0.1, 0.15) is 5.01 Å². The summed E-state index contributed by atoms with van der Waals surface area (Å²) in [5.41, 5.74) is 2.30. The Morgan fingerprint density at radius 3 is 2.29 bits per heavy atom. The molecule has 0 saturated heterocycles. The average molecular weight is 365 g/mol. The third kappa shape index (κ3) is 4.39. The molecule has 1 heterocycles. The molecule has 3 aromatic rings. The van der Waals surface area contributed by atoms with Gasteiger partial charge in [0, 0.05) is 22.4 Å². The molecular weight excluding hydrogens is 351 g/mol. The summed E-state index contributed by atoms with van der Waals surface area (Å²) in [4.78, 5) is 4.52. The molecule has 1 aromatic heterocycles. The first kappa shape index (κ1) is 17.0. The molecule has 0 N–H and O–H groups in total. The van der Waals surface area contributed by atoms with Crippen LogP contribution < -0.4 is 0 Å². The van der Waals surface area contributed by atoms with Crippen LogP contribution >= 0.6 is 23.1 Å². The number of nitrogens with zero attached hydrogens (tertiary/aromatic N) is 1. The van der Waals surface area contributed by atoms with E-state index >= 15 is 0 Å². The number of hydrogen-bond donors (Lipinski definition) is 0. The third-order valence-corrected chi connectivity index (χ3v) is 5.35. The Balaban J connectivity index is 1.61. The van der Waals surface area contributed by atoms with Crippen molar-refractivity contribution in [1.82, 2.24) is 4.98 Å². The summed E-state index contributed by atoms with van der Waals surface area (Å²) in [6.45, 7) is 0. The van der Waals surface area contributed by atoms with Crippen LogP contribution in [0, 0.1) is 0 Å². The van der Waals surface area contributed by atoms with E-state index in [2.05, 4.69) is 17.1 Å². The van der Waals surface area contributed by atoms with E-state index in [4.69, 9.17) is 0 Å². The summed E-state index contributed by atoms with van der Waals surface area (Å²) < 4.78 is 37.8. The van der Waals surface area contributed by atoms with Crippen molar-refractivity contribution in [2.75, 3.05) is 0 Å². The van der Waals surface area contributed by atoms with Crippen LogP contribution in [-0.2, 0) is 17.7 Å². The summed E-state index contributed by atoms with van der Waals surface area (Å²) in [6, 6.07) is 15.3. The largest absolute Gasteiger partial charge is 0.416 e. The first-order chi connectivity index (χ1) is 11.5. The molecule has 124 valence electrons. The van der Waals surface area contributed by atoms with Crippen LogP contribution in [0.15, 0.2) is 60.0 Å². The lowest BCUT2D eigenvalue weighted by Crippen LogP contribution is -2.03. The maximum Gasteiger partial charge on any atom is 0.416 e. The minimum atomic E-state index is -4.30. The molecule has 0 saturated carbocycles. The van der Waals surface area contributed by atoms with Crippen molar-refractivity contribution in [2.45, 2.75) is 17.7 Å². The maximum absolute atomic E-state index is 12.6. The lowest BCUT2D eigenvalue weighted by atomic mass is 10.1. The predicted molar refractivity (Wildman–Crippen MR) is 94.0 cm³/mol. The molecule has 0 amide bonds. The second kappa shape index (κ2) is 7.40. The van der Waals surface area contributed by atoms with Gasteiger partial charge in [0.15, 0.2) is 0 Å². The Labute approximate surface area is 146 Å². The molecule has 0 aliphatic rings. The monoisotopic (exact) mass is 365 g/mol. The van der Waals surface area contributed by atoms with Crippen molar-refractivity contribution in [3.63, 3.8) is 0 Å². The predicted octanol–water partition coefficient (Wildman–Crippen LogP) is 6.26. The molecule has 0 aliphatic heterocycles. The van der Waals surface area contributed by atoms with Crippen LogP contribution in [0.4, 0.5) is 13.2 Å². The second-order valence-corrected chi connectivity index (χ2v) is 7.04. The number of thioether (sulfide) groups is 1. The highest BCUT2D eigenvalue weighted by atomic mass is 32.2. The Morgan fingerprint density at radius 2 is 1.62 bits per heavy atom. The summed E-state index contributed by atoms with van der Waals surface area (Å²) in [7, 11) is 0. The van der Waals surface area contributed by atoms with Gasteiger partial charge in [-0.2, -0.15) is 24.9 Å². The van der Waals surface area contributed by atoms with Gasteiger partial charge < -0.3 is 0 Å². The quantitative estimate of drug-likeness (QED) is 0.529. The van der Waals surface area contributed by atoms with Crippen molar-refractivity contribution < 1.29 is 13.2 Å². The molecule has 2 aromatic carbocycles. The number of rotatable bonds is 5. The lowest BCUT2D eigenvalue weighted by molar-refractivity contribution is -0.137. The zero-order chi connectivity index (χ0) is 17.0. The molecular formula is C18H14F3NS2. The lowest BCUT2D eigenvalue weighted by Gasteiger charge is -2.06.